The number of carbonyl (C=O) groups excluding carboxylic acids is 2. The minimum atomic E-state index is -0.623. The van der Waals surface area contributed by atoms with E-state index in [1.165, 1.54) is 0 Å². The SMILES string of the molecule is CNC(=O)Cc1ccc(NC(=O)c2c(C)cc(CCC(C)C)oc2=O)cc1. The Morgan fingerprint density at radius 2 is 1.81 bits per heavy atom. The van der Waals surface area contributed by atoms with E-state index in [1.54, 1.807) is 44.3 Å². The molecule has 0 saturated heterocycles. The van der Waals surface area contributed by atoms with E-state index in [4.69, 9.17) is 4.42 Å². The van der Waals surface area contributed by atoms with Crippen LogP contribution >= 0.6 is 0 Å². The average Bonchev–Trinajstić information content (AvgIpc) is 2.61. The summed E-state index contributed by atoms with van der Waals surface area (Å²) in [6.07, 6.45) is 1.85. The lowest BCUT2D eigenvalue weighted by molar-refractivity contribution is -0.119. The van der Waals surface area contributed by atoms with E-state index in [9.17, 15) is 14.4 Å². The minimum Gasteiger partial charge on any atom is -0.427 e. The van der Waals surface area contributed by atoms with E-state index in [0.717, 1.165) is 12.0 Å². The molecule has 2 N–H and O–H groups in total. The van der Waals surface area contributed by atoms with Crippen LogP contribution in [0.5, 0.6) is 0 Å². The Bertz CT molecular complexity index is 867. The number of aryl methyl sites for hydroxylation is 2. The number of anilines is 1. The minimum absolute atomic E-state index is 0.0118. The Balaban J connectivity index is 2.11. The van der Waals surface area contributed by atoms with Gasteiger partial charge in [0.15, 0.2) is 0 Å². The summed E-state index contributed by atoms with van der Waals surface area (Å²) in [5, 5.41) is 5.26. The van der Waals surface area contributed by atoms with Crippen LogP contribution in [0.4, 0.5) is 5.69 Å². The first-order valence-electron chi connectivity index (χ1n) is 9.04. The van der Waals surface area contributed by atoms with Crippen LogP contribution in [0, 0.1) is 12.8 Å². The summed E-state index contributed by atoms with van der Waals surface area (Å²) >= 11 is 0. The lowest BCUT2D eigenvalue weighted by Gasteiger charge is -2.09. The molecule has 0 fully saturated rings. The van der Waals surface area contributed by atoms with Crippen molar-refractivity contribution in [3.8, 4) is 0 Å². The molecule has 1 aromatic heterocycles. The van der Waals surface area contributed by atoms with Crippen molar-refractivity contribution in [2.24, 2.45) is 5.92 Å². The van der Waals surface area contributed by atoms with Crippen molar-refractivity contribution in [2.75, 3.05) is 12.4 Å². The highest BCUT2D eigenvalue weighted by atomic mass is 16.4. The molecule has 0 radical (unpaired) electrons. The zero-order valence-electron chi connectivity index (χ0n) is 16.2. The third-order valence-electron chi connectivity index (χ3n) is 4.25. The second kappa shape index (κ2) is 9.16. The molecule has 0 saturated carbocycles. The third kappa shape index (κ3) is 5.81. The van der Waals surface area contributed by atoms with E-state index in [-0.39, 0.29) is 17.9 Å². The predicted molar refractivity (Wildman–Crippen MR) is 105 cm³/mol. The molecule has 0 aliphatic rings. The number of amides is 2. The van der Waals surface area contributed by atoms with Gasteiger partial charge in [0.05, 0.1) is 6.42 Å². The topological polar surface area (TPSA) is 88.4 Å². The van der Waals surface area contributed by atoms with Gasteiger partial charge in [0.25, 0.3) is 5.91 Å². The summed E-state index contributed by atoms with van der Waals surface area (Å²) in [5.74, 6) is 0.513. The molecule has 1 aromatic carbocycles. The van der Waals surface area contributed by atoms with Crippen molar-refractivity contribution in [1.29, 1.82) is 0 Å². The van der Waals surface area contributed by atoms with Crippen molar-refractivity contribution < 1.29 is 14.0 Å². The number of nitrogens with one attached hydrogen (secondary N) is 2. The normalized spacial score (nSPS) is 10.7. The maximum Gasteiger partial charge on any atom is 0.349 e. The Labute approximate surface area is 159 Å². The largest absolute Gasteiger partial charge is 0.427 e. The molecule has 27 heavy (non-hydrogen) atoms. The second-order valence-corrected chi connectivity index (χ2v) is 6.99. The molecule has 0 atom stereocenters. The summed E-state index contributed by atoms with van der Waals surface area (Å²) < 4.78 is 5.31. The Hall–Kier alpha value is -2.89. The van der Waals surface area contributed by atoms with Gasteiger partial charge in [0.1, 0.15) is 11.3 Å². The molecule has 0 unspecified atom stereocenters. The zero-order valence-corrected chi connectivity index (χ0v) is 16.2. The standard InChI is InChI=1S/C21H26N2O4/c1-13(2)5-10-17-11-14(3)19(21(26)27-17)20(25)23-16-8-6-15(7-9-16)12-18(24)22-4/h6-9,11,13H,5,10,12H2,1-4H3,(H,22,24)(H,23,25). The fourth-order valence-corrected chi connectivity index (χ4v) is 2.67. The summed E-state index contributed by atoms with van der Waals surface area (Å²) in [4.78, 5) is 36.2. The van der Waals surface area contributed by atoms with Gasteiger partial charge in [-0.1, -0.05) is 26.0 Å². The number of carbonyl (C=O) groups is 2. The van der Waals surface area contributed by atoms with Crippen LogP contribution < -0.4 is 16.3 Å². The van der Waals surface area contributed by atoms with Crippen LogP contribution in [0.15, 0.2) is 39.5 Å². The van der Waals surface area contributed by atoms with Gasteiger partial charge in [-0.2, -0.15) is 0 Å². The molecular weight excluding hydrogens is 344 g/mol. The van der Waals surface area contributed by atoms with Crippen molar-refractivity contribution >= 4 is 17.5 Å². The number of hydrogen-bond acceptors (Lipinski definition) is 4. The lowest BCUT2D eigenvalue weighted by atomic mass is 10.0. The van der Waals surface area contributed by atoms with E-state index in [0.29, 0.717) is 29.3 Å². The monoisotopic (exact) mass is 370 g/mol. The van der Waals surface area contributed by atoms with E-state index in [2.05, 4.69) is 24.5 Å². The smallest absolute Gasteiger partial charge is 0.349 e. The van der Waals surface area contributed by atoms with E-state index >= 15 is 0 Å². The summed E-state index contributed by atoms with van der Waals surface area (Å²) in [5.41, 5.74) is 1.36. The van der Waals surface area contributed by atoms with Gasteiger partial charge < -0.3 is 15.1 Å². The van der Waals surface area contributed by atoms with Gasteiger partial charge in [-0.25, -0.2) is 4.79 Å². The van der Waals surface area contributed by atoms with Crippen molar-refractivity contribution in [3.63, 3.8) is 0 Å². The molecule has 0 spiro atoms. The number of rotatable bonds is 7. The van der Waals surface area contributed by atoms with Gasteiger partial charge in [0.2, 0.25) is 5.91 Å². The molecule has 0 bridgehead atoms. The van der Waals surface area contributed by atoms with Crippen molar-refractivity contribution in [2.45, 2.75) is 40.0 Å². The van der Waals surface area contributed by atoms with Gasteiger partial charge in [0, 0.05) is 19.2 Å². The van der Waals surface area contributed by atoms with Crippen LogP contribution in [0.1, 0.15) is 47.5 Å². The van der Waals surface area contributed by atoms with E-state index in [1.807, 2.05) is 0 Å². The lowest BCUT2D eigenvalue weighted by Crippen LogP contribution is -2.23. The Morgan fingerprint density at radius 3 is 2.37 bits per heavy atom. The van der Waals surface area contributed by atoms with Gasteiger partial charge in [-0.15, -0.1) is 0 Å². The summed E-state index contributed by atoms with van der Waals surface area (Å²) in [6.45, 7) is 5.94. The Kier molecular flexibility index (Phi) is 6.93. The quantitative estimate of drug-likeness (QED) is 0.784. The predicted octanol–water partition coefficient (Wildman–Crippen LogP) is 3.08. The number of hydrogen-bond donors (Lipinski definition) is 2. The molecule has 6 nitrogen and oxygen atoms in total. The highest BCUT2D eigenvalue weighted by Crippen LogP contribution is 2.15. The fraction of sp³-hybridized carbons (Fsp3) is 0.381. The van der Waals surface area contributed by atoms with Crippen LogP contribution in [0.25, 0.3) is 0 Å². The van der Waals surface area contributed by atoms with Gasteiger partial charge >= 0.3 is 5.63 Å². The first-order chi connectivity index (χ1) is 12.8. The third-order valence-corrected chi connectivity index (χ3v) is 4.25. The van der Waals surface area contributed by atoms with E-state index < -0.39 is 11.5 Å². The van der Waals surface area contributed by atoms with Gasteiger partial charge in [-0.3, -0.25) is 9.59 Å². The summed E-state index contributed by atoms with van der Waals surface area (Å²) in [7, 11) is 1.58. The molecule has 2 aromatic rings. The first kappa shape index (κ1) is 20.4. The van der Waals surface area contributed by atoms with Crippen LogP contribution in [-0.4, -0.2) is 18.9 Å². The van der Waals surface area contributed by atoms with Crippen molar-refractivity contribution in [3.05, 3.63) is 63.2 Å². The molecule has 2 amide bonds. The highest BCUT2D eigenvalue weighted by Gasteiger charge is 2.17. The zero-order chi connectivity index (χ0) is 20.0. The van der Waals surface area contributed by atoms with Crippen LogP contribution in [0.3, 0.4) is 0 Å². The van der Waals surface area contributed by atoms with Crippen molar-refractivity contribution in [1.82, 2.24) is 5.32 Å². The molecule has 1 heterocycles. The Morgan fingerprint density at radius 1 is 1.15 bits per heavy atom. The molecule has 0 aliphatic heterocycles. The highest BCUT2D eigenvalue weighted by molar-refractivity contribution is 6.04. The van der Waals surface area contributed by atoms with Gasteiger partial charge in [-0.05, 0) is 48.6 Å². The molecule has 6 heteroatoms. The maximum absolute atomic E-state index is 12.5. The number of likely N-dealkylation sites (N-methyl/N-ethyl adjacent to an activating group) is 1. The second-order valence-electron chi connectivity index (χ2n) is 6.99. The molecule has 0 aliphatic carbocycles. The molecule has 2 rings (SSSR count). The molecule has 144 valence electrons. The van der Waals surface area contributed by atoms with Crippen LogP contribution in [-0.2, 0) is 17.6 Å². The van der Waals surface area contributed by atoms with Crippen LogP contribution in [0.2, 0.25) is 0 Å². The average molecular weight is 370 g/mol. The fourth-order valence-electron chi connectivity index (χ4n) is 2.67. The number of benzene rings is 1. The summed E-state index contributed by atoms with van der Waals surface area (Å²) in [6, 6.07) is 8.67. The first-order valence-corrected chi connectivity index (χ1v) is 9.04. The molecular formula is C21H26N2O4. The maximum atomic E-state index is 12.5.